The number of benzene rings is 3. The zero-order valence-corrected chi connectivity index (χ0v) is 18.2. The monoisotopic (exact) mass is 430 g/mol. The zero-order valence-electron chi connectivity index (χ0n) is 18.2. The number of methoxy groups -OCH3 is 2. The molecule has 4 rings (SSSR count). The van der Waals surface area contributed by atoms with E-state index in [1.54, 1.807) is 43.3 Å². The van der Waals surface area contributed by atoms with E-state index in [1.165, 1.54) is 14.2 Å². The van der Waals surface area contributed by atoms with E-state index in [9.17, 15) is 9.59 Å². The summed E-state index contributed by atoms with van der Waals surface area (Å²) in [5.41, 5.74) is 3.30. The Hall–Kier alpha value is -4.06. The molecular weight excluding hydrogens is 408 g/mol. The Morgan fingerprint density at radius 2 is 1.56 bits per heavy atom. The number of esters is 1. The van der Waals surface area contributed by atoms with Crippen LogP contribution in [0.1, 0.15) is 37.4 Å². The standard InChI is InChI=1S/C26H22O6/c1-15-5-7-17(8-6-15)13-23-24(27)19-10-12-20(16(2)25(19)31-23)32-26(28)18-9-11-21(29-3)22(14-18)30-4/h5-14H,1-4H3/b23-13-. The molecule has 0 bridgehead atoms. The molecule has 1 aliphatic rings. The van der Waals surface area contributed by atoms with Crippen molar-refractivity contribution in [3.63, 3.8) is 0 Å². The number of aryl methyl sites for hydroxylation is 1. The number of carbonyl (C=O) groups excluding carboxylic acids is 2. The van der Waals surface area contributed by atoms with E-state index in [0.717, 1.165) is 11.1 Å². The molecule has 0 aliphatic carbocycles. The normalized spacial score (nSPS) is 13.5. The predicted octanol–water partition coefficient (Wildman–Crippen LogP) is 5.16. The molecular formula is C26H22O6. The second-order valence-electron chi connectivity index (χ2n) is 7.38. The van der Waals surface area contributed by atoms with Crippen molar-refractivity contribution in [1.29, 1.82) is 0 Å². The maximum Gasteiger partial charge on any atom is 0.343 e. The van der Waals surface area contributed by atoms with Crippen LogP contribution in [0.2, 0.25) is 0 Å². The van der Waals surface area contributed by atoms with E-state index in [4.69, 9.17) is 18.9 Å². The summed E-state index contributed by atoms with van der Waals surface area (Å²) in [6.45, 7) is 3.75. The van der Waals surface area contributed by atoms with Gasteiger partial charge in [-0.15, -0.1) is 0 Å². The fourth-order valence-corrected chi connectivity index (χ4v) is 3.41. The molecule has 0 amide bonds. The number of Topliss-reactive ketones (excluding diaryl/α,β-unsaturated/α-hetero) is 1. The number of ketones is 1. The summed E-state index contributed by atoms with van der Waals surface area (Å²) in [6.07, 6.45) is 1.70. The van der Waals surface area contributed by atoms with Crippen molar-refractivity contribution in [2.45, 2.75) is 13.8 Å². The van der Waals surface area contributed by atoms with Crippen molar-refractivity contribution in [1.82, 2.24) is 0 Å². The molecule has 0 unspecified atom stereocenters. The third-order valence-electron chi connectivity index (χ3n) is 5.23. The lowest BCUT2D eigenvalue weighted by Gasteiger charge is -2.12. The Kier molecular flexibility index (Phi) is 5.69. The molecule has 32 heavy (non-hydrogen) atoms. The molecule has 3 aromatic carbocycles. The Balaban J connectivity index is 1.59. The van der Waals surface area contributed by atoms with Crippen LogP contribution in [0.15, 0.2) is 60.4 Å². The Bertz CT molecular complexity index is 1240. The average molecular weight is 430 g/mol. The Labute approximate surface area is 186 Å². The molecule has 162 valence electrons. The molecule has 0 spiro atoms. The maximum atomic E-state index is 12.8. The number of hydrogen-bond acceptors (Lipinski definition) is 6. The quantitative estimate of drug-likeness (QED) is 0.316. The molecule has 0 radical (unpaired) electrons. The van der Waals surface area contributed by atoms with Gasteiger partial charge in [-0.3, -0.25) is 4.79 Å². The fourth-order valence-electron chi connectivity index (χ4n) is 3.41. The first-order chi connectivity index (χ1) is 15.4. The minimum absolute atomic E-state index is 0.207. The molecule has 0 atom stereocenters. The van der Waals surface area contributed by atoms with Crippen LogP contribution in [0.5, 0.6) is 23.0 Å². The number of ether oxygens (including phenoxy) is 4. The number of carbonyl (C=O) groups is 2. The van der Waals surface area contributed by atoms with Crippen molar-refractivity contribution < 1.29 is 28.5 Å². The molecule has 0 fully saturated rings. The van der Waals surface area contributed by atoms with Crippen LogP contribution in [0, 0.1) is 13.8 Å². The van der Waals surface area contributed by atoms with E-state index < -0.39 is 5.97 Å². The molecule has 0 N–H and O–H groups in total. The number of fused-ring (bicyclic) bond motifs is 1. The van der Waals surface area contributed by atoms with Gasteiger partial charge in [0.05, 0.1) is 25.3 Å². The van der Waals surface area contributed by atoms with Crippen LogP contribution in [-0.4, -0.2) is 26.0 Å². The van der Waals surface area contributed by atoms with Gasteiger partial charge in [-0.05, 0) is 55.8 Å². The molecule has 1 aliphatic heterocycles. The van der Waals surface area contributed by atoms with Crippen LogP contribution in [0.4, 0.5) is 0 Å². The van der Waals surface area contributed by atoms with E-state index in [0.29, 0.717) is 39.7 Å². The van der Waals surface area contributed by atoms with Gasteiger partial charge in [0.15, 0.2) is 17.3 Å². The third-order valence-corrected chi connectivity index (χ3v) is 5.23. The lowest BCUT2D eigenvalue weighted by atomic mass is 10.1. The van der Waals surface area contributed by atoms with E-state index in [1.807, 2.05) is 31.2 Å². The third kappa shape index (κ3) is 3.95. The summed E-state index contributed by atoms with van der Waals surface area (Å²) in [5, 5.41) is 0. The number of hydrogen-bond donors (Lipinski definition) is 0. The van der Waals surface area contributed by atoms with E-state index in [2.05, 4.69) is 0 Å². The van der Waals surface area contributed by atoms with Gasteiger partial charge in [0.1, 0.15) is 11.5 Å². The van der Waals surface area contributed by atoms with Crippen molar-refractivity contribution in [2.24, 2.45) is 0 Å². The minimum atomic E-state index is -0.561. The molecule has 6 nitrogen and oxygen atoms in total. The van der Waals surface area contributed by atoms with Gasteiger partial charge in [-0.2, -0.15) is 0 Å². The fraction of sp³-hybridized carbons (Fsp3) is 0.154. The summed E-state index contributed by atoms with van der Waals surface area (Å²) in [5.74, 6) is 1.11. The zero-order chi connectivity index (χ0) is 22.8. The first-order valence-corrected chi connectivity index (χ1v) is 10.00. The van der Waals surface area contributed by atoms with E-state index >= 15 is 0 Å². The molecule has 0 aromatic heterocycles. The topological polar surface area (TPSA) is 71.1 Å². The molecule has 3 aromatic rings. The van der Waals surface area contributed by atoms with Crippen molar-refractivity contribution >= 4 is 17.8 Å². The van der Waals surface area contributed by atoms with Crippen LogP contribution in [-0.2, 0) is 0 Å². The van der Waals surface area contributed by atoms with Crippen molar-refractivity contribution in [2.75, 3.05) is 14.2 Å². The van der Waals surface area contributed by atoms with Gasteiger partial charge in [0.25, 0.3) is 0 Å². The lowest BCUT2D eigenvalue weighted by Crippen LogP contribution is -2.10. The predicted molar refractivity (Wildman–Crippen MR) is 120 cm³/mol. The van der Waals surface area contributed by atoms with Crippen LogP contribution in [0.25, 0.3) is 6.08 Å². The highest BCUT2D eigenvalue weighted by atomic mass is 16.5. The second kappa shape index (κ2) is 8.59. The van der Waals surface area contributed by atoms with Crippen molar-refractivity contribution in [3.8, 4) is 23.0 Å². The smallest absolute Gasteiger partial charge is 0.343 e. The van der Waals surface area contributed by atoms with Gasteiger partial charge in [-0.1, -0.05) is 29.8 Å². The summed E-state index contributed by atoms with van der Waals surface area (Å²) < 4.78 is 21.9. The summed E-state index contributed by atoms with van der Waals surface area (Å²) in [6, 6.07) is 15.8. The van der Waals surface area contributed by atoms with Crippen LogP contribution >= 0.6 is 0 Å². The second-order valence-corrected chi connectivity index (χ2v) is 7.38. The first-order valence-electron chi connectivity index (χ1n) is 10.00. The Morgan fingerprint density at radius 1 is 0.875 bits per heavy atom. The van der Waals surface area contributed by atoms with Gasteiger partial charge in [0.2, 0.25) is 5.78 Å². The largest absolute Gasteiger partial charge is 0.493 e. The molecule has 0 saturated heterocycles. The van der Waals surface area contributed by atoms with Crippen molar-refractivity contribution in [3.05, 3.63) is 88.2 Å². The summed E-state index contributed by atoms with van der Waals surface area (Å²) >= 11 is 0. The van der Waals surface area contributed by atoms with Gasteiger partial charge >= 0.3 is 5.97 Å². The first kappa shape index (κ1) is 21.2. The van der Waals surface area contributed by atoms with E-state index in [-0.39, 0.29) is 11.5 Å². The van der Waals surface area contributed by atoms with Gasteiger partial charge in [0, 0.05) is 5.56 Å². The number of rotatable bonds is 5. The Morgan fingerprint density at radius 3 is 2.25 bits per heavy atom. The molecule has 1 heterocycles. The molecule has 0 saturated carbocycles. The lowest BCUT2D eigenvalue weighted by molar-refractivity contribution is 0.0732. The minimum Gasteiger partial charge on any atom is -0.493 e. The van der Waals surface area contributed by atoms with Gasteiger partial charge < -0.3 is 18.9 Å². The SMILES string of the molecule is COc1ccc(C(=O)Oc2ccc3c(c2C)O/C(=C\c2ccc(C)cc2)C3=O)cc1OC. The van der Waals surface area contributed by atoms with Crippen LogP contribution in [0.3, 0.4) is 0 Å². The highest BCUT2D eigenvalue weighted by Crippen LogP contribution is 2.39. The highest BCUT2D eigenvalue weighted by molar-refractivity contribution is 6.15. The summed E-state index contributed by atoms with van der Waals surface area (Å²) in [4.78, 5) is 25.5. The maximum absolute atomic E-state index is 12.8. The summed E-state index contributed by atoms with van der Waals surface area (Å²) in [7, 11) is 3.01. The highest BCUT2D eigenvalue weighted by Gasteiger charge is 2.30. The molecule has 6 heteroatoms. The van der Waals surface area contributed by atoms with Crippen LogP contribution < -0.4 is 18.9 Å². The van der Waals surface area contributed by atoms with Gasteiger partial charge in [-0.25, -0.2) is 4.79 Å². The number of allylic oxidation sites excluding steroid dienone is 1. The average Bonchev–Trinajstić information content (AvgIpc) is 3.12.